The van der Waals surface area contributed by atoms with Gasteiger partial charge in [0.1, 0.15) is 5.75 Å². The number of carbonyl (C=O) groups excluding carboxylic acids is 1. The number of rotatable bonds is 8. The fourth-order valence-corrected chi connectivity index (χ4v) is 3.55. The van der Waals surface area contributed by atoms with Crippen LogP contribution < -0.4 is 15.4 Å². The van der Waals surface area contributed by atoms with Crippen molar-refractivity contribution in [2.45, 2.75) is 31.7 Å². The number of amides is 1. The van der Waals surface area contributed by atoms with E-state index in [1.165, 1.54) is 5.56 Å². The topological polar surface area (TPSA) is 66.0 Å². The average Bonchev–Trinajstić information content (AvgIpc) is 3.56. The van der Waals surface area contributed by atoms with Gasteiger partial charge in [-0.15, -0.1) is 24.0 Å². The molecular formula is C24H33IN4O2. The first-order valence-corrected chi connectivity index (χ1v) is 10.5. The zero-order chi connectivity index (χ0) is 21.6. The molecule has 1 aliphatic rings. The van der Waals surface area contributed by atoms with Gasteiger partial charge in [-0.1, -0.05) is 30.3 Å². The van der Waals surface area contributed by atoms with E-state index in [4.69, 9.17) is 9.73 Å². The van der Waals surface area contributed by atoms with Crippen molar-refractivity contribution in [2.24, 2.45) is 4.99 Å². The normalized spacial score (nSPS) is 14.3. The molecule has 0 aliphatic heterocycles. The lowest BCUT2D eigenvalue weighted by atomic mass is 9.95. The summed E-state index contributed by atoms with van der Waals surface area (Å²) in [6, 6.07) is 15.9. The first-order chi connectivity index (χ1) is 14.5. The predicted molar refractivity (Wildman–Crippen MR) is 137 cm³/mol. The van der Waals surface area contributed by atoms with Crippen molar-refractivity contribution in [1.29, 1.82) is 0 Å². The Morgan fingerprint density at radius 2 is 1.77 bits per heavy atom. The minimum Gasteiger partial charge on any atom is -0.496 e. The summed E-state index contributed by atoms with van der Waals surface area (Å²) in [7, 11) is 5.24. The second kappa shape index (κ2) is 11.4. The fourth-order valence-electron chi connectivity index (χ4n) is 3.55. The first-order valence-electron chi connectivity index (χ1n) is 10.5. The van der Waals surface area contributed by atoms with E-state index in [2.05, 4.69) is 29.7 Å². The maximum absolute atomic E-state index is 12.0. The van der Waals surface area contributed by atoms with E-state index < -0.39 is 0 Å². The molecule has 2 aromatic carbocycles. The van der Waals surface area contributed by atoms with Crippen molar-refractivity contribution in [3.05, 3.63) is 65.2 Å². The van der Waals surface area contributed by atoms with E-state index in [0.29, 0.717) is 12.1 Å². The van der Waals surface area contributed by atoms with Crippen LogP contribution in [0.1, 0.15) is 41.3 Å². The zero-order valence-electron chi connectivity index (χ0n) is 18.8. The number of para-hydroxylation sites is 1. The quantitative estimate of drug-likeness (QED) is 0.306. The van der Waals surface area contributed by atoms with Gasteiger partial charge in [0, 0.05) is 43.7 Å². The summed E-state index contributed by atoms with van der Waals surface area (Å²) in [6.45, 7) is 4.22. The molecule has 1 fully saturated rings. The Hall–Kier alpha value is -2.29. The van der Waals surface area contributed by atoms with E-state index in [9.17, 15) is 4.79 Å². The molecule has 0 spiro atoms. The molecule has 0 unspecified atom stereocenters. The van der Waals surface area contributed by atoms with Crippen LogP contribution in [0.4, 0.5) is 0 Å². The van der Waals surface area contributed by atoms with Gasteiger partial charge in [-0.05, 0) is 43.5 Å². The van der Waals surface area contributed by atoms with Crippen molar-refractivity contribution in [3.63, 3.8) is 0 Å². The smallest absolute Gasteiger partial charge is 0.253 e. The summed E-state index contributed by atoms with van der Waals surface area (Å²) in [5.74, 6) is 1.75. The van der Waals surface area contributed by atoms with Crippen LogP contribution in [0.15, 0.2) is 53.5 Å². The number of carbonyl (C=O) groups is 1. The monoisotopic (exact) mass is 536 g/mol. The third-order valence-electron chi connectivity index (χ3n) is 5.50. The van der Waals surface area contributed by atoms with Crippen molar-refractivity contribution in [3.8, 4) is 5.75 Å². The Balaban J connectivity index is 0.00000341. The molecule has 1 amide bonds. The Labute approximate surface area is 202 Å². The van der Waals surface area contributed by atoms with Gasteiger partial charge in [0.15, 0.2) is 5.96 Å². The number of hydrogen-bond donors (Lipinski definition) is 2. The molecule has 31 heavy (non-hydrogen) atoms. The summed E-state index contributed by atoms with van der Waals surface area (Å²) in [6.07, 6.45) is 2.28. The van der Waals surface area contributed by atoms with E-state index in [-0.39, 0.29) is 35.3 Å². The first kappa shape index (κ1) is 25.0. The van der Waals surface area contributed by atoms with Gasteiger partial charge in [0.25, 0.3) is 5.91 Å². The third kappa shape index (κ3) is 6.35. The van der Waals surface area contributed by atoms with Gasteiger partial charge in [-0.3, -0.25) is 4.79 Å². The Kier molecular flexibility index (Phi) is 9.15. The largest absolute Gasteiger partial charge is 0.496 e. The summed E-state index contributed by atoms with van der Waals surface area (Å²) in [5.41, 5.74) is 3.12. The van der Waals surface area contributed by atoms with E-state index in [1.807, 2.05) is 36.4 Å². The molecule has 168 valence electrons. The highest BCUT2D eigenvalue weighted by Gasteiger charge is 2.46. The SMILES string of the molecule is CCNC(=NCc1ccc(C(=O)N(C)C)cc1)NCC1(c2ccccc2OC)CC1.I. The second-order valence-corrected chi connectivity index (χ2v) is 7.93. The molecule has 0 bridgehead atoms. The van der Waals surface area contributed by atoms with Crippen molar-refractivity contribution in [1.82, 2.24) is 15.5 Å². The van der Waals surface area contributed by atoms with Crippen molar-refractivity contribution < 1.29 is 9.53 Å². The molecular weight excluding hydrogens is 503 g/mol. The van der Waals surface area contributed by atoms with Crippen LogP contribution >= 0.6 is 24.0 Å². The maximum atomic E-state index is 12.0. The minimum absolute atomic E-state index is 0. The Morgan fingerprint density at radius 1 is 1.10 bits per heavy atom. The van der Waals surface area contributed by atoms with Gasteiger partial charge in [0.05, 0.1) is 13.7 Å². The molecule has 2 N–H and O–H groups in total. The lowest BCUT2D eigenvalue weighted by Gasteiger charge is -2.21. The van der Waals surface area contributed by atoms with Crippen LogP contribution in [0.3, 0.4) is 0 Å². The highest BCUT2D eigenvalue weighted by Crippen LogP contribution is 2.50. The summed E-state index contributed by atoms with van der Waals surface area (Å²) in [4.78, 5) is 18.3. The molecule has 0 aromatic heterocycles. The number of nitrogens with zero attached hydrogens (tertiary/aromatic N) is 2. The number of guanidine groups is 1. The van der Waals surface area contributed by atoms with Gasteiger partial charge in [0.2, 0.25) is 0 Å². The van der Waals surface area contributed by atoms with Crippen LogP contribution in [0.2, 0.25) is 0 Å². The number of aliphatic imine (C=N–C) groups is 1. The zero-order valence-corrected chi connectivity index (χ0v) is 21.1. The molecule has 0 saturated heterocycles. The summed E-state index contributed by atoms with van der Waals surface area (Å²) in [5, 5.41) is 6.84. The van der Waals surface area contributed by atoms with Gasteiger partial charge in [-0.2, -0.15) is 0 Å². The van der Waals surface area contributed by atoms with Crippen LogP contribution in [0.5, 0.6) is 5.75 Å². The number of halogens is 1. The molecule has 3 rings (SSSR count). The summed E-state index contributed by atoms with van der Waals surface area (Å²) < 4.78 is 5.57. The molecule has 0 radical (unpaired) electrons. The molecule has 7 heteroatoms. The number of ether oxygens (including phenoxy) is 1. The molecule has 0 atom stereocenters. The number of nitrogens with one attached hydrogen (secondary N) is 2. The lowest BCUT2D eigenvalue weighted by molar-refractivity contribution is 0.0827. The van der Waals surface area contributed by atoms with Crippen LogP contribution in [0, 0.1) is 0 Å². The van der Waals surface area contributed by atoms with Gasteiger partial charge >= 0.3 is 0 Å². The summed E-state index contributed by atoms with van der Waals surface area (Å²) >= 11 is 0. The number of hydrogen-bond acceptors (Lipinski definition) is 3. The number of methoxy groups -OCH3 is 1. The third-order valence-corrected chi connectivity index (χ3v) is 5.50. The second-order valence-electron chi connectivity index (χ2n) is 7.93. The lowest BCUT2D eigenvalue weighted by Crippen LogP contribution is -2.41. The average molecular weight is 536 g/mol. The molecule has 0 heterocycles. The molecule has 6 nitrogen and oxygen atoms in total. The fraction of sp³-hybridized carbons (Fsp3) is 0.417. The Bertz CT molecular complexity index is 893. The Morgan fingerprint density at radius 3 is 2.35 bits per heavy atom. The highest BCUT2D eigenvalue weighted by molar-refractivity contribution is 14.0. The van der Waals surface area contributed by atoms with E-state index >= 15 is 0 Å². The minimum atomic E-state index is 0. The van der Waals surface area contributed by atoms with Crippen LogP contribution in [0.25, 0.3) is 0 Å². The van der Waals surface area contributed by atoms with E-state index in [1.54, 1.807) is 26.1 Å². The maximum Gasteiger partial charge on any atom is 0.253 e. The van der Waals surface area contributed by atoms with E-state index in [0.717, 1.165) is 43.2 Å². The molecule has 1 aliphatic carbocycles. The highest BCUT2D eigenvalue weighted by atomic mass is 127. The van der Waals surface area contributed by atoms with Crippen molar-refractivity contribution >= 4 is 35.8 Å². The van der Waals surface area contributed by atoms with Crippen LogP contribution in [-0.4, -0.2) is 51.1 Å². The molecule has 1 saturated carbocycles. The number of benzene rings is 2. The van der Waals surface area contributed by atoms with Gasteiger partial charge in [-0.25, -0.2) is 4.99 Å². The molecule has 2 aromatic rings. The van der Waals surface area contributed by atoms with Crippen molar-refractivity contribution in [2.75, 3.05) is 34.3 Å². The van der Waals surface area contributed by atoms with Gasteiger partial charge < -0.3 is 20.3 Å². The predicted octanol–water partition coefficient (Wildman–Crippen LogP) is 3.80. The van der Waals surface area contributed by atoms with Crippen LogP contribution in [-0.2, 0) is 12.0 Å². The standard InChI is InChI=1S/C24H32N4O2.HI/c1-5-25-23(26-16-18-10-12-19(13-11-18)22(29)28(2)3)27-17-24(14-15-24)20-8-6-7-9-21(20)30-4;/h6-13H,5,14-17H2,1-4H3,(H2,25,26,27);1H.